The predicted molar refractivity (Wildman–Crippen MR) is 85.1 cm³/mol. The van der Waals surface area contributed by atoms with E-state index in [9.17, 15) is 0 Å². The van der Waals surface area contributed by atoms with Gasteiger partial charge < -0.3 is 15.4 Å². The standard InChI is InChI=1S/C15H20BrN3O/c1-20-13-5-7-15(8-6-13)10-18-14(17)19(15)12-4-2-3-11(16)9-12/h2-4,9,13H,5-8,10H2,1H3,(H2,17,18). The molecule has 4 nitrogen and oxygen atoms in total. The first-order valence-electron chi connectivity index (χ1n) is 7.03. The number of nitrogens with two attached hydrogens (primary N) is 1. The fourth-order valence-corrected chi connectivity index (χ4v) is 3.77. The summed E-state index contributed by atoms with van der Waals surface area (Å²) in [6, 6.07) is 8.28. The molecule has 1 fully saturated rings. The molecule has 0 radical (unpaired) electrons. The Bertz CT molecular complexity index is 524. The largest absolute Gasteiger partial charge is 0.381 e. The quantitative estimate of drug-likeness (QED) is 0.902. The van der Waals surface area contributed by atoms with Crippen molar-refractivity contribution < 1.29 is 4.74 Å². The summed E-state index contributed by atoms with van der Waals surface area (Å²) in [5, 5.41) is 0. The first-order valence-corrected chi connectivity index (χ1v) is 7.82. The molecule has 1 heterocycles. The number of nitrogens with zero attached hydrogens (tertiary/aromatic N) is 2. The van der Waals surface area contributed by atoms with Crippen molar-refractivity contribution in [2.75, 3.05) is 18.6 Å². The molecule has 1 aliphatic carbocycles. The number of hydrogen-bond donors (Lipinski definition) is 1. The van der Waals surface area contributed by atoms with Crippen LogP contribution in [0, 0.1) is 0 Å². The van der Waals surface area contributed by atoms with Gasteiger partial charge in [-0.1, -0.05) is 22.0 Å². The van der Waals surface area contributed by atoms with Crippen molar-refractivity contribution >= 4 is 27.6 Å². The number of benzene rings is 1. The molecule has 1 aromatic carbocycles. The van der Waals surface area contributed by atoms with Gasteiger partial charge in [-0.15, -0.1) is 0 Å². The molecule has 20 heavy (non-hydrogen) atoms. The van der Waals surface area contributed by atoms with E-state index < -0.39 is 0 Å². The van der Waals surface area contributed by atoms with Crippen molar-refractivity contribution in [1.29, 1.82) is 0 Å². The zero-order valence-corrected chi connectivity index (χ0v) is 13.3. The van der Waals surface area contributed by atoms with E-state index in [1.54, 1.807) is 7.11 Å². The highest BCUT2D eigenvalue weighted by Gasteiger charge is 2.45. The summed E-state index contributed by atoms with van der Waals surface area (Å²) in [5.41, 5.74) is 7.32. The van der Waals surface area contributed by atoms with Gasteiger partial charge in [0.15, 0.2) is 5.96 Å². The van der Waals surface area contributed by atoms with Crippen LogP contribution < -0.4 is 10.6 Å². The zero-order chi connectivity index (χ0) is 14.2. The van der Waals surface area contributed by atoms with Crippen molar-refractivity contribution in [3.8, 4) is 0 Å². The molecule has 5 heteroatoms. The molecule has 1 spiro atoms. The Hall–Kier alpha value is -1.07. The lowest BCUT2D eigenvalue weighted by atomic mass is 9.79. The summed E-state index contributed by atoms with van der Waals surface area (Å²) in [4.78, 5) is 6.74. The van der Waals surface area contributed by atoms with Crippen LogP contribution >= 0.6 is 15.9 Å². The van der Waals surface area contributed by atoms with E-state index >= 15 is 0 Å². The van der Waals surface area contributed by atoms with Gasteiger partial charge in [0, 0.05) is 17.3 Å². The third-order valence-electron chi connectivity index (χ3n) is 4.50. The van der Waals surface area contributed by atoms with Gasteiger partial charge in [-0.05, 0) is 43.9 Å². The first-order chi connectivity index (χ1) is 9.64. The molecule has 1 aromatic rings. The van der Waals surface area contributed by atoms with Crippen molar-refractivity contribution in [2.24, 2.45) is 10.7 Å². The molecule has 2 N–H and O–H groups in total. The molecule has 108 valence electrons. The Kier molecular flexibility index (Phi) is 3.73. The van der Waals surface area contributed by atoms with Crippen LogP contribution in [0.4, 0.5) is 5.69 Å². The van der Waals surface area contributed by atoms with E-state index in [2.05, 4.69) is 38.0 Å². The molecule has 1 saturated carbocycles. The lowest BCUT2D eigenvalue weighted by Crippen LogP contribution is -2.54. The smallest absolute Gasteiger partial charge is 0.196 e. The van der Waals surface area contributed by atoms with E-state index in [0.717, 1.165) is 42.4 Å². The molecule has 0 unspecified atom stereocenters. The summed E-state index contributed by atoms with van der Waals surface area (Å²) in [6.07, 6.45) is 4.67. The SMILES string of the molecule is COC1CCC2(CC1)CN=C(N)N2c1cccc(Br)c1. The highest BCUT2D eigenvalue weighted by Crippen LogP contribution is 2.40. The monoisotopic (exact) mass is 337 g/mol. The van der Waals surface area contributed by atoms with E-state index in [1.807, 2.05) is 12.1 Å². The number of halogens is 1. The molecule has 0 saturated heterocycles. The van der Waals surface area contributed by atoms with Crippen molar-refractivity contribution in [3.05, 3.63) is 28.7 Å². The number of guanidine groups is 1. The summed E-state index contributed by atoms with van der Waals surface area (Å²) < 4.78 is 6.55. The Morgan fingerprint density at radius 1 is 1.40 bits per heavy atom. The number of rotatable bonds is 2. The van der Waals surface area contributed by atoms with Gasteiger partial charge in [0.1, 0.15) is 0 Å². The van der Waals surface area contributed by atoms with E-state index in [0.29, 0.717) is 12.1 Å². The molecule has 2 aliphatic rings. The van der Waals surface area contributed by atoms with Gasteiger partial charge in [0.05, 0.1) is 18.2 Å². The molecule has 0 bridgehead atoms. The van der Waals surface area contributed by atoms with Crippen LogP contribution in [-0.2, 0) is 4.74 Å². The normalized spacial score (nSPS) is 29.8. The Morgan fingerprint density at radius 2 is 2.15 bits per heavy atom. The van der Waals surface area contributed by atoms with E-state index in [1.165, 1.54) is 0 Å². The average Bonchev–Trinajstić information content (AvgIpc) is 2.77. The molecule has 0 amide bonds. The van der Waals surface area contributed by atoms with Crippen LogP contribution in [0.2, 0.25) is 0 Å². The highest BCUT2D eigenvalue weighted by molar-refractivity contribution is 9.10. The Balaban J connectivity index is 1.89. The van der Waals surface area contributed by atoms with Gasteiger partial charge >= 0.3 is 0 Å². The van der Waals surface area contributed by atoms with Crippen molar-refractivity contribution in [3.63, 3.8) is 0 Å². The van der Waals surface area contributed by atoms with Crippen LogP contribution in [0.25, 0.3) is 0 Å². The molecule has 0 aromatic heterocycles. The van der Waals surface area contributed by atoms with Crippen molar-refractivity contribution in [1.82, 2.24) is 0 Å². The topological polar surface area (TPSA) is 50.9 Å². The third-order valence-corrected chi connectivity index (χ3v) is 5.00. The third kappa shape index (κ3) is 2.33. The van der Waals surface area contributed by atoms with Crippen LogP contribution in [0.15, 0.2) is 33.7 Å². The van der Waals surface area contributed by atoms with Gasteiger partial charge in [-0.25, -0.2) is 0 Å². The number of anilines is 1. The maximum atomic E-state index is 6.16. The Labute approximate surface area is 128 Å². The second-order valence-corrected chi connectivity index (χ2v) is 6.56. The second kappa shape index (κ2) is 5.37. The summed E-state index contributed by atoms with van der Waals surface area (Å²) in [6.45, 7) is 0.793. The van der Waals surface area contributed by atoms with Crippen LogP contribution in [0.1, 0.15) is 25.7 Å². The maximum absolute atomic E-state index is 6.16. The van der Waals surface area contributed by atoms with Crippen LogP contribution in [0.5, 0.6) is 0 Å². The highest BCUT2D eigenvalue weighted by atomic mass is 79.9. The fraction of sp³-hybridized carbons (Fsp3) is 0.533. The van der Waals surface area contributed by atoms with Gasteiger partial charge in [0.25, 0.3) is 0 Å². The van der Waals surface area contributed by atoms with Gasteiger partial charge in [-0.3, -0.25) is 4.99 Å². The number of methoxy groups -OCH3 is 1. The van der Waals surface area contributed by atoms with Crippen LogP contribution in [-0.4, -0.2) is 31.3 Å². The first kappa shape index (κ1) is 13.9. The molecular formula is C15H20BrN3O. The minimum Gasteiger partial charge on any atom is -0.381 e. The minimum absolute atomic E-state index is 0.0416. The molecule has 3 rings (SSSR count). The van der Waals surface area contributed by atoms with Crippen LogP contribution in [0.3, 0.4) is 0 Å². The molecule has 0 atom stereocenters. The van der Waals surface area contributed by atoms with E-state index in [-0.39, 0.29) is 5.54 Å². The van der Waals surface area contributed by atoms with E-state index in [4.69, 9.17) is 10.5 Å². The number of ether oxygens (including phenoxy) is 1. The summed E-state index contributed by atoms with van der Waals surface area (Å²) in [5.74, 6) is 0.638. The maximum Gasteiger partial charge on any atom is 0.196 e. The lowest BCUT2D eigenvalue weighted by molar-refractivity contribution is 0.0532. The van der Waals surface area contributed by atoms with Crippen molar-refractivity contribution in [2.45, 2.75) is 37.3 Å². The average molecular weight is 338 g/mol. The molecular weight excluding hydrogens is 318 g/mol. The zero-order valence-electron chi connectivity index (χ0n) is 11.7. The van der Waals surface area contributed by atoms with Gasteiger partial charge in [-0.2, -0.15) is 0 Å². The number of hydrogen-bond acceptors (Lipinski definition) is 4. The fourth-order valence-electron chi connectivity index (χ4n) is 3.38. The minimum atomic E-state index is 0.0416. The summed E-state index contributed by atoms with van der Waals surface area (Å²) in [7, 11) is 1.80. The number of aliphatic imine (C=N–C) groups is 1. The summed E-state index contributed by atoms with van der Waals surface area (Å²) >= 11 is 3.54. The lowest BCUT2D eigenvalue weighted by Gasteiger charge is -2.43. The molecule has 1 aliphatic heterocycles. The Morgan fingerprint density at radius 3 is 2.80 bits per heavy atom. The predicted octanol–water partition coefficient (Wildman–Crippen LogP) is 2.91. The van der Waals surface area contributed by atoms with Gasteiger partial charge in [0.2, 0.25) is 0 Å². The second-order valence-electron chi connectivity index (χ2n) is 5.65.